The largest absolute Gasteiger partial charge is 0.398 e. The van der Waals surface area contributed by atoms with Crippen molar-refractivity contribution in [3.05, 3.63) is 57.8 Å². The molecule has 0 aliphatic carbocycles. The predicted molar refractivity (Wildman–Crippen MR) is 77.4 cm³/mol. The van der Waals surface area contributed by atoms with Gasteiger partial charge in [-0.25, -0.2) is 4.39 Å². The van der Waals surface area contributed by atoms with Crippen molar-refractivity contribution in [1.29, 1.82) is 0 Å². The smallest absolute Gasteiger partial charge is 0.125 e. The molecule has 2 N–H and O–H groups in total. The van der Waals surface area contributed by atoms with Gasteiger partial charge in [-0.15, -0.1) is 0 Å². The maximum absolute atomic E-state index is 12.9. The van der Waals surface area contributed by atoms with Gasteiger partial charge in [0.25, 0.3) is 0 Å². The molecule has 19 heavy (non-hydrogen) atoms. The number of hydrogen-bond donors (Lipinski definition) is 1. The number of benzene rings is 2. The van der Waals surface area contributed by atoms with Crippen LogP contribution in [-0.2, 0) is 16.6 Å². The Balaban J connectivity index is 2.23. The summed E-state index contributed by atoms with van der Waals surface area (Å²) >= 11 is 11.7. The van der Waals surface area contributed by atoms with Crippen LogP contribution in [0.3, 0.4) is 0 Å². The summed E-state index contributed by atoms with van der Waals surface area (Å²) < 4.78 is 25.1. The maximum atomic E-state index is 12.9. The highest BCUT2D eigenvalue weighted by atomic mass is 35.5. The van der Waals surface area contributed by atoms with Crippen molar-refractivity contribution in [2.75, 3.05) is 5.73 Å². The Morgan fingerprint density at radius 1 is 1.11 bits per heavy atom. The lowest BCUT2D eigenvalue weighted by Gasteiger charge is -2.07. The van der Waals surface area contributed by atoms with Gasteiger partial charge in [-0.2, -0.15) is 0 Å². The van der Waals surface area contributed by atoms with Crippen molar-refractivity contribution in [3.63, 3.8) is 0 Å². The Labute approximate surface area is 122 Å². The second-order valence-electron chi connectivity index (χ2n) is 3.92. The first-order chi connectivity index (χ1) is 8.97. The molecule has 0 saturated heterocycles. The highest BCUT2D eigenvalue weighted by Crippen LogP contribution is 2.25. The van der Waals surface area contributed by atoms with Gasteiger partial charge in [-0.1, -0.05) is 29.3 Å². The fraction of sp³-hybridized carbons (Fsp3) is 0.0769. The minimum absolute atomic E-state index is 0.179. The van der Waals surface area contributed by atoms with Gasteiger partial charge in [-0.3, -0.25) is 4.21 Å². The lowest BCUT2D eigenvalue weighted by atomic mass is 10.2. The molecule has 0 aromatic heterocycles. The summed E-state index contributed by atoms with van der Waals surface area (Å²) in [5.41, 5.74) is 6.60. The molecule has 2 aromatic carbocycles. The van der Waals surface area contributed by atoms with E-state index in [9.17, 15) is 8.60 Å². The zero-order valence-electron chi connectivity index (χ0n) is 9.70. The maximum Gasteiger partial charge on any atom is 0.125 e. The molecule has 2 nitrogen and oxygen atoms in total. The van der Waals surface area contributed by atoms with Crippen LogP contribution in [-0.4, -0.2) is 4.21 Å². The lowest BCUT2D eigenvalue weighted by Crippen LogP contribution is -2.01. The summed E-state index contributed by atoms with van der Waals surface area (Å²) in [6, 6.07) is 8.86. The van der Waals surface area contributed by atoms with Gasteiger partial charge in [0, 0.05) is 0 Å². The van der Waals surface area contributed by atoms with Crippen LogP contribution in [0, 0.1) is 5.82 Å². The zero-order valence-corrected chi connectivity index (χ0v) is 12.0. The summed E-state index contributed by atoms with van der Waals surface area (Å²) in [4.78, 5) is 0.410. The number of halogens is 3. The van der Waals surface area contributed by atoms with E-state index in [1.807, 2.05) is 0 Å². The van der Waals surface area contributed by atoms with E-state index in [4.69, 9.17) is 28.9 Å². The lowest BCUT2D eigenvalue weighted by molar-refractivity contribution is 0.627. The van der Waals surface area contributed by atoms with E-state index in [2.05, 4.69) is 0 Å². The van der Waals surface area contributed by atoms with Gasteiger partial charge in [0.15, 0.2) is 0 Å². The molecular weight excluding hydrogens is 308 g/mol. The van der Waals surface area contributed by atoms with Crippen LogP contribution in [0.1, 0.15) is 5.56 Å². The van der Waals surface area contributed by atoms with Crippen LogP contribution in [0.5, 0.6) is 0 Å². The summed E-state index contributed by atoms with van der Waals surface area (Å²) in [5, 5.41) is 0.848. The molecule has 0 fully saturated rings. The molecule has 0 heterocycles. The molecule has 0 spiro atoms. The molecule has 0 aliphatic heterocycles. The van der Waals surface area contributed by atoms with Crippen molar-refractivity contribution in [3.8, 4) is 0 Å². The standard InChI is InChI=1S/C13H10Cl2FNOS/c14-10-3-1-8(5-11(10)15)7-19(18)13-4-2-9(16)6-12(13)17/h1-6H,7,17H2. The number of nitrogen functional groups attached to an aromatic ring is 1. The van der Waals surface area contributed by atoms with E-state index in [1.165, 1.54) is 12.1 Å². The molecular formula is C13H10Cl2FNOS. The average Bonchev–Trinajstić information content (AvgIpc) is 2.33. The number of anilines is 1. The van der Waals surface area contributed by atoms with E-state index in [0.717, 1.165) is 11.6 Å². The molecule has 0 saturated carbocycles. The predicted octanol–water partition coefficient (Wildman–Crippen LogP) is 4.02. The minimum atomic E-state index is -1.36. The normalized spacial score (nSPS) is 12.4. The Kier molecular flexibility index (Phi) is 4.45. The minimum Gasteiger partial charge on any atom is -0.398 e. The number of nitrogens with two attached hydrogens (primary N) is 1. The van der Waals surface area contributed by atoms with Gasteiger partial charge in [0.2, 0.25) is 0 Å². The Hall–Kier alpha value is -1.10. The molecule has 2 rings (SSSR count). The molecule has 0 aliphatic rings. The van der Waals surface area contributed by atoms with Crippen molar-refractivity contribution >= 4 is 39.7 Å². The molecule has 100 valence electrons. The van der Waals surface area contributed by atoms with E-state index in [0.29, 0.717) is 14.9 Å². The summed E-state index contributed by atoms with van der Waals surface area (Å²) in [6.07, 6.45) is 0. The molecule has 1 atom stereocenters. The Morgan fingerprint density at radius 2 is 1.84 bits per heavy atom. The van der Waals surface area contributed by atoms with Crippen LogP contribution in [0.15, 0.2) is 41.3 Å². The summed E-state index contributed by atoms with van der Waals surface area (Å²) in [5.74, 6) is -0.208. The quantitative estimate of drug-likeness (QED) is 0.869. The highest BCUT2D eigenvalue weighted by molar-refractivity contribution is 7.84. The third-order valence-electron chi connectivity index (χ3n) is 2.50. The fourth-order valence-electron chi connectivity index (χ4n) is 1.59. The first-order valence-corrected chi connectivity index (χ1v) is 7.42. The third kappa shape index (κ3) is 3.47. The third-order valence-corrected chi connectivity index (χ3v) is 4.70. The topological polar surface area (TPSA) is 43.1 Å². The summed E-state index contributed by atoms with van der Waals surface area (Å²) in [6.45, 7) is 0. The first-order valence-electron chi connectivity index (χ1n) is 5.34. The van der Waals surface area contributed by atoms with Gasteiger partial charge in [-0.05, 0) is 35.9 Å². The van der Waals surface area contributed by atoms with E-state index in [1.54, 1.807) is 18.2 Å². The molecule has 2 aromatic rings. The monoisotopic (exact) mass is 317 g/mol. The van der Waals surface area contributed by atoms with Crippen LogP contribution in [0.4, 0.5) is 10.1 Å². The van der Waals surface area contributed by atoms with Gasteiger partial charge >= 0.3 is 0 Å². The number of hydrogen-bond acceptors (Lipinski definition) is 2. The van der Waals surface area contributed by atoms with Crippen LogP contribution < -0.4 is 5.73 Å². The van der Waals surface area contributed by atoms with Gasteiger partial charge < -0.3 is 5.73 Å². The van der Waals surface area contributed by atoms with E-state index in [-0.39, 0.29) is 11.4 Å². The highest BCUT2D eigenvalue weighted by Gasteiger charge is 2.10. The second-order valence-corrected chi connectivity index (χ2v) is 6.15. The van der Waals surface area contributed by atoms with E-state index < -0.39 is 16.6 Å². The number of rotatable bonds is 3. The van der Waals surface area contributed by atoms with Crippen molar-refractivity contribution in [2.45, 2.75) is 10.6 Å². The van der Waals surface area contributed by atoms with Crippen LogP contribution in [0.25, 0.3) is 0 Å². The van der Waals surface area contributed by atoms with Crippen molar-refractivity contribution in [1.82, 2.24) is 0 Å². The van der Waals surface area contributed by atoms with Gasteiger partial charge in [0.1, 0.15) is 5.82 Å². The average molecular weight is 318 g/mol. The Bertz CT molecular complexity index is 649. The van der Waals surface area contributed by atoms with E-state index >= 15 is 0 Å². The zero-order chi connectivity index (χ0) is 14.0. The second kappa shape index (κ2) is 5.90. The summed E-state index contributed by atoms with van der Waals surface area (Å²) in [7, 11) is -1.36. The molecule has 1 unspecified atom stereocenters. The molecule has 6 heteroatoms. The van der Waals surface area contributed by atoms with Crippen LogP contribution in [0.2, 0.25) is 10.0 Å². The van der Waals surface area contributed by atoms with Crippen molar-refractivity contribution in [2.24, 2.45) is 0 Å². The van der Waals surface area contributed by atoms with Gasteiger partial charge in [0.05, 0.1) is 37.2 Å². The van der Waals surface area contributed by atoms with Crippen LogP contribution >= 0.6 is 23.2 Å². The molecule has 0 bridgehead atoms. The van der Waals surface area contributed by atoms with Crippen molar-refractivity contribution < 1.29 is 8.60 Å². The molecule has 0 amide bonds. The SMILES string of the molecule is Nc1cc(F)ccc1S(=O)Cc1ccc(Cl)c(Cl)c1. The first kappa shape index (κ1) is 14.3. The molecule has 0 radical (unpaired) electrons. The fourth-order valence-corrected chi connectivity index (χ4v) is 3.09. The Morgan fingerprint density at radius 3 is 2.47 bits per heavy atom.